The summed E-state index contributed by atoms with van der Waals surface area (Å²) >= 11 is 0. The molecule has 0 saturated carbocycles. The maximum atomic E-state index is 12.1. The van der Waals surface area contributed by atoms with Gasteiger partial charge in [-0.25, -0.2) is 4.79 Å². The average Bonchev–Trinajstić information content (AvgIpc) is 2.98. The molecule has 0 spiro atoms. The van der Waals surface area contributed by atoms with Crippen molar-refractivity contribution >= 4 is 11.8 Å². The fraction of sp³-hybridized carbons (Fsp3) is 0.696. The summed E-state index contributed by atoms with van der Waals surface area (Å²) < 4.78 is 11.2. The average molecular weight is 391 g/mol. The number of benzene rings is 1. The van der Waals surface area contributed by atoms with E-state index in [1.54, 1.807) is 0 Å². The number of amides is 1. The molecular weight excluding hydrogens is 352 g/mol. The SMILES string of the molecule is CCCCCCCOc1ccccc1NC(=O)OCCCN1CCCCCC1. The van der Waals surface area contributed by atoms with Crippen molar-refractivity contribution in [3.05, 3.63) is 24.3 Å². The number of carbonyl (C=O) groups excluding carboxylic acids is 1. The van der Waals surface area contributed by atoms with Crippen LogP contribution in [0, 0.1) is 0 Å². The standard InChI is InChI=1S/C23H38N2O3/c1-2-3-4-7-12-19-27-22-15-9-8-14-21(22)24-23(26)28-20-13-18-25-16-10-5-6-11-17-25/h8-9,14-15H,2-7,10-13,16-20H2,1H3,(H,24,26). The first-order valence-electron chi connectivity index (χ1n) is 11.2. The molecule has 1 N–H and O–H groups in total. The molecule has 0 aliphatic carbocycles. The summed E-state index contributed by atoms with van der Waals surface area (Å²) in [5, 5.41) is 2.82. The predicted octanol–water partition coefficient (Wildman–Crippen LogP) is 5.85. The highest BCUT2D eigenvalue weighted by molar-refractivity contribution is 5.86. The molecule has 1 saturated heterocycles. The van der Waals surface area contributed by atoms with E-state index in [-0.39, 0.29) is 0 Å². The number of nitrogens with zero attached hydrogens (tertiary/aromatic N) is 1. The minimum atomic E-state index is -0.408. The zero-order valence-corrected chi connectivity index (χ0v) is 17.6. The van der Waals surface area contributed by atoms with Crippen LogP contribution in [0.2, 0.25) is 0 Å². The van der Waals surface area contributed by atoms with E-state index in [0.29, 0.717) is 24.7 Å². The van der Waals surface area contributed by atoms with Gasteiger partial charge in [-0.05, 0) is 50.9 Å². The van der Waals surface area contributed by atoms with Crippen molar-refractivity contribution < 1.29 is 14.3 Å². The summed E-state index contributed by atoms with van der Waals surface area (Å²) in [4.78, 5) is 14.6. The third-order valence-corrected chi connectivity index (χ3v) is 5.18. The molecule has 1 fully saturated rings. The van der Waals surface area contributed by atoms with Crippen molar-refractivity contribution in [2.45, 2.75) is 71.1 Å². The first-order chi connectivity index (χ1) is 13.8. The Morgan fingerprint density at radius 1 is 0.964 bits per heavy atom. The Hall–Kier alpha value is -1.75. The van der Waals surface area contributed by atoms with Gasteiger partial charge in [-0.2, -0.15) is 0 Å². The number of ether oxygens (including phenoxy) is 2. The Balaban J connectivity index is 1.64. The summed E-state index contributed by atoms with van der Waals surface area (Å²) in [6.45, 7) is 6.69. The lowest BCUT2D eigenvalue weighted by Gasteiger charge is -2.19. The van der Waals surface area contributed by atoms with Gasteiger partial charge in [0.2, 0.25) is 0 Å². The Morgan fingerprint density at radius 2 is 1.71 bits per heavy atom. The van der Waals surface area contributed by atoms with Crippen LogP contribution in [0.15, 0.2) is 24.3 Å². The van der Waals surface area contributed by atoms with Crippen LogP contribution in [0.3, 0.4) is 0 Å². The van der Waals surface area contributed by atoms with Crippen LogP contribution < -0.4 is 10.1 Å². The molecule has 1 amide bonds. The first-order valence-corrected chi connectivity index (χ1v) is 11.2. The zero-order valence-electron chi connectivity index (χ0n) is 17.6. The summed E-state index contributed by atoms with van der Waals surface area (Å²) in [5.74, 6) is 0.708. The lowest BCUT2D eigenvalue weighted by Crippen LogP contribution is -2.27. The van der Waals surface area contributed by atoms with E-state index < -0.39 is 6.09 Å². The highest BCUT2D eigenvalue weighted by atomic mass is 16.5. The maximum Gasteiger partial charge on any atom is 0.411 e. The third kappa shape index (κ3) is 9.45. The number of anilines is 1. The highest BCUT2D eigenvalue weighted by Crippen LogP contribution is 2.24. The second-order valence-corrected chi connectivity index (χ2v) is 7.63. The minimum Gasteiger partial charge on any atom is -0.491 e. The predicted molar refractivity (Wildman–Crippen MR) is 115 cm³/mol. The summed E-state index contributed by atoms with van der Waals surface area (Å²) in [5.41, 5.74) is 0.675. The van der Waals surface area contributed by atoms with Gasteiger partial charge < -0.3 is 14.4 Å². The van der Waals surface area contributed by atoms with Crippen LogP contribution in [0.4, 0.5) is 10.5 Å². The van der Waals surface area contributed by atoms with E-state index in [2.05, 4.69) is 17.1 Å². The molecule has 1 aromatic rings. The molecule has 1 aliphatic heterocycles. The molecule has 158 valence electrons. The van der Waals surface area contributed by atoms with Gasteiger partial charge in [0, 0.05) is 6.54 Å². The van der Waals surface area contributed by atoms with Gasteiger partial charge in [-0.15, -0.1) is 0 Å². The van der Waals surface area contributed by atoms with Gasteiger partial charge in [0.25, 0.3) is 0 Å². The number of likely N-dealkylation sites (tertiary alicyclic amines) is 1. The Morgan fingerprint density at radius 3 is 2.50 bits per heavy atom. The number of unbranched alkanes of at least 4 members (excludes halogenated alkanes) is 4. The first kappa shape index (κ1) is 22.5. The largest absolute Gasteiger partial charge is 0.491 e. The number of hydrogen-bond donors (Lipinski definition) is 1. The fourth-order valence-electron chi connectivity index (χ4n) is 3.54. The lowest BCUT2D eigenvalue weighted by molar-refractivity contribution is 0.152. The monoisotopic (exact) mass is 390 g/mol. The molecular formula is C23H38N2O3. The van der Waals surface area contributed by atoms with Gasteiger partial charge in [0.15, 0.2) is 0 Å². The molecule has 2 rings (SSSR count). The van der Waals surface area contributed by atoms with Gasteiger partial charge in [0.05, 0.1) is 18.9 Å². The molecule has 1 heterocycles. The summed E-state index contributed by atoms with van der Waals surface area (Å²) in [6.07, 6.45) is 11.7. The Labute approximate surface area is 170 Å². The topological polar surface area (TPSA) is 50.8 Å². The molecule has 5 nitrogen and oxygen atoms in total. The van der Waals surface area contributed by atoms with Crippen molar-refractivity contribution in [1.29, 1.82) is 0 Å². The van der Waals surface area contributed by atoms with E-state index in [1.165, 1.54) is 64.5 Å². The highest BCUT2D eigenvalue weighted by Gasteiger charge is 2.10. The Bertz CT molecular complexity index is 542. The molecule has 5 heteroatoms. The Kier molecular flexibility index (Phi) is 11.5. The molecule has 0 aromatic heterocycles. The van der Waals surface area contributed by atoms with Crippen molar-refractivity contribution in [3.8, 4) is 5.75 Å². The van der Waals surface area contributed by atoms with Gasteiger partial charge in [-0.3, -0.25) is 5.32 Å². The van der Waals surface area contributed by atoms with Crippen molar-refractivity contribution in [1.82, 2.24) is 4.90 Å². The molecule has 0 unspecified atom stereocenters. The summed E-state index contributed by atoms with van der Waals surface area (Å²) in [7, 11) is 0. The third-order valence-electron chi connectivity index (χ3n) is 5.18. The van der Waals surface area contributed by atoms with E-state index >= 15 is 0 Å². The van der Waals surface area contributed by atoms with Crippen LogP contribution >= 0.6 is 0 Å². The van der Waals surface area contributed by atoms with Crippen LogP contribution in [-0.2, 0) is 4.74 Å². The second kappa shape index (κ2) is 14.3. The number of hydrogen-bond acceptors (Lipinski definition) is 4. The van der Waals surface area contributed by atoms with E-state index in [9.17, 15) is 4.79 Å². The maximum absolute atomic E-state index is 12.1. The van der Waals surface area contributed by atoms with Gasteiger partial charge in [-0.1, -0.05) is 57.6 Å². The van der Waals surface area contributed by atoms with Crippen LogP contribution in [0.25, 0.3) is 0 Å². The lowest BCUT2D eigenvalue weighted by atomic mass is 10.2. The number of rotatable bonds is 12. The molecule has 0 atom stereocenters. The van der Waals surface area contributed by atoms with Crippen molar-refractivity contribution in [2.75, 3.05) is 38.2 Å². The second-order valence-electron chi connectivity index (χ2n) is 7.63. The van der Waals surface area contributed by atoms with Crippen LogP contribution in [0.1, 0.15) is 71.1 Å². The van der Waals surface area contributed by atoms with Crippen molar-refractivity contribution in [2.24, 2.45) is 0 Å². The van der Waals surface area contributed by atoms with E-state index in [1.807, 2.05) is 24.3 Å². The quantitative estimate of drug-likeness (QED) is 0.455. The molecule has 0 bridgehead atoms. The molecule has 28 heavy (non-hydrogen) atoms. The van der Waals surface area contributed by atoms with Gasteiger partial charge >= 0.3 is 6.09 Å². The van der Waals surface area contributed by atoms with Crippen LogP contribution in [0.5, 0.6) is 5.75 Å². The zero-order chi connectivity index (χ0) is 19.9. The normalized spacial score (nSPS) is 15.0. The smallest absolute Gasteiger partial charge is 0.411 e. The van der Waals surface area contributed by atoms with Gasteiger partial charge in [0.1, 0.15) is 5.75 Å². The number of nitrogens with one attached hydrogen (secondary N) is 1. The number of carbonyl (C=O) groups is 1. The van der Waals surface area contributed by atoms with Crippen molar-refractivity contribution in [3.63, 3.8) is 0 Å². The van der Waals surface area contributed by atoms with Crippen LogP contribution in [-0.4, -0.2) is 43.8 Å². The molecule has 0 radical (unpaired) electrons. The summed E-state index contributed by atoms with van der Waals surface area (Å²) in [6, 6.07) is 7.55. The molecule has 1 aromatic carbocycles. The van der Waals surface area contributed by atoms with E-state index in [4.69, 9.17) is 9.47 Å². The van der Waals surface area contributed by atoms with E-state index in [0.717, 1.165) is 19.4 Å². The minimum absolute atomic E-state index is 0.408. The molecule has 1 aliphatic rings. The fourth-order valence-corrected chi connectivity index (χ4v) is 3.54. The number of para-hydroxylation sites is 2.